The van der Waals surface area contributed by atoms with Gasteiger partial charge in [-0.25, -0.2) is 14.4 Å². The molecule has 0 aromatic heterocycles. The highest BCUT2D eigenvalue weighted by atomic mass is 28.4. The van der Waals surface area contributed by atoms with Gasteiger partial charge in [0.2, 0.25) is 0 Å². The Morgan fingerprint density at radius 3 is 1.58 bits per heavy atom. The Labute approximate surface area is 227 Å². The molecule has 220 valence electrons. The van der Waals surface area contributed by atoms with E-state index in [4.69, 9.17) is 36.0 Å². The van der Waals surface area contributed by atoms with Crippen LogP contribution in [-0.2, 0) is 45.6 Å². The van der Waals surface area contributed by atoms with Crippen LogP contribution in [0.5, 0.6) is 0 Å². The minimum atomic E-state index is -2.90. The first-order valence-corrected chi connectivity index (χ1v) is 15.8. The lowest BCUT2D eigenvalue weighted by molar-refractivity contribution is -0.144. The number of hydrogen-bond donors (Lipinski definition) is 2. The topological polar surface area (TPSA) is 149 Å². The fraction of sp³-hybridized carbons (Fsp3) is 0.696. The molecule has 0 heterocycles. The van der Waals surface area contributed by atoms with E-state index in [-0.39, 0.29) is 19.3 Å². The van der Waals surface area contributed by atoms with E-state index in [9.17, 15) is 14.4 Å². The van der Waals surface area contributed by atoms with Crippen molar-refractivity contribution in [2.24, 2.45) is 0 Å². The maximum absolute atomic E-state index is 13.1. The monoisotopic (exact) mass is 580 g/mol. The zero-order valence-electron chi connectivity index (χ0n) is 23.6. The number of nitrogens with one attached hydrogen (secondary N) is 2. The maximum Gasteiger partial charge on any atom is 0.500 e. The third kappa shape index (κ3) is 12.6. The van der Waals surface area contributed by atoms with E-state index in [0.717, 1.165) is 12.2 Å². The minimum Gasteiger partial charge on any atom is -0.460 e. The molecule has 0 aliphatic rings. The van der Waals surface area contributed by atoms with E-state index in [1.165, 1.54) is 42.7 Å². The molecule has 0 bridgehead atoms. The SMILES string of the molecule is C=CC(=O)OCC(C)(COC(=O)C=C)NC(=O)NC(CCC[Si](OC)(OC)OC)CC[Si](OC)(OC)OC. The number of carbonyl (C=O) groups excluding carboxylic acids is 3. The van der Waals surface area contributed by atoms with Crippen molar-refractivity contribution in [1.29, 1.82) is 0 Å². The average molecular weight is 581 g/mol. The van der Waals surface area contributed by atoms with Crippen LogP contribution in [0.3, 0.4) is 0 Å². The second kappa shape index (κ2) is 18.2. The summed E-state index contributed by atoms with van der Waals surface area (Å²) in [5.74, 6) is -1.37. The lowest BCUT2D eigenvalue weighted by Gasteiger charge is -2.31. The summed E-state index contributed by atoms with van der Waals surface area (Å²) in [7, 11) is 3.47. The van der Waals surface area contributed by atoms with Crippen LogP contribution < -0.4 is 10.6 Å². The molecule has 0 fully saturated rings. The lowest BCUT2D eigenvalue weighted by atomic mass is 10.1. The summed E-state index contributed by atoms with van der Waals surface area (Å²) in [5.41, 5.74) is -1.24. The van der Waals surface area contributed by atoms with E-state index in [1.807, 2.05) is 0 Å². The summed E-state index contributed by atoms with van der Waals surface area (Å²) in [6, 6.07) is 0.0729. The molecule has 0 rings (SSSR count). The number of amides is 2. The van der Waals surface area contributed by atoms with Crippen LogP contribution in [0, 0.1) is 0 Å². The van der Waals surface area contributed by atoms with Gasteiger partial charge in [-0.15, -0.1) is 0 Å². The lowest BCUT2D eigenvalue weighted by Crippen LogP contribution is -2.57. The fourth-order valence-corrected chi connectivity index (χ4v) is 7.07. The normalized spacial score (nSPS) is 12.8. The highest BCUT2D eigenvalue weighted by Crippen LogP contribution is 2.22. The number of urea groups is 1. The number of ether oxygens (including phenoxy) is 2. The van der Waals surface area contributed by atoms with Gasteiger partial charge in [0.15, 0.2) is 0 Å². The van der Waals surface area contributed by atoms with Crippen molar-refractivity contribution < 1.29 is 50.4 Å². The van der Waals surface area contributed by atoms with Gasteiger partial charge in [0.05, 0.1) is 0 Å². The third-order valence-corrected chi connectivity index (χ3v) is 11.4. The van der Waals surface area contributed by atoms with Crippen LogP contribution in [0.2, 0.25) is 12.1 Å². The maximum atomic E-state index is 13.1. The summed E-state index contributed by atoms with van der Waals surface area (Å²) in [6.07, 6.45) is 3.64. The van der Waals surface area contributed by atoms with Crippen LogP contribution >= 0.6 is 0 Å². The zero-order valence-corrected chi connectivity index (χ0v) is 25.6. The van der Waals surface area contributed by atoms with Crippen LogP contribution in [0.4, 0.5) is 4.79 Å². The second-order valence-corrected chi connectivity index (χ2v) is 14.7. The summed E-state index contributed by atoms with van der Waals surface area (Å²) < 4.78 is 43.2. The Balaban J connectivity index is 5.59. The van der Waals surface area contributed by atoms with E-state index in [1.54, 1.807) is 6.92 Å². The molecule has 0 saturated carbocycles. The average Bonchev–Trinajstić information content (AvgIpc) is 2.93. The fourth-order valence-electron chi connectivity index (χ4n) is 3.51. The van der Waals surface area contributed by atoms with Gasteiger partial charge in [0.1, 0.15) is 18.8 Å². The van der Waals surface area contributed by atoms with Crippen molar-refractivity contribution in [1.82, 2.24) is 10.6 Å². The molecule has 0 aliphatic heterocycles. The molecule has 0 radical (unpaired) electrons. The van der Waals surface area contributed by atoms with Crippen molar-refractivity contribution in [2.45, 2.75) is 49.9 Å². The highest BCUT2D eigenvalue weighted by Gasteiger charge is 2.40. The molecule has 0 aromatic carbocycles. The predicted molar refractivity (Wildman–Crippen MR) is 143 cm³/mol. The molecule has 0 spiro atoms. The van der Waals surface area contributed by atoms with Crippen LogP contribution in [0.1, 0.15) is 26.2 Å². The van der Waals surface area contributed by atoms with E-state index in [0.29, 0.717) is 31.4 Å². The van der Waals surface area contributed by atoms with Gasteiger partial charge in [-0.3, -0.25) is 0 Å². The molecule has 0 saturated heterocycles. The second-order valence-electron chi connectivity index (χ2n) is 8.50. The third-order valence-electron chi connectivity index (χ3n) is 5.85. The summed E-state index contributed by atoms with van der Waals surface area (Å²) in [4.78, 5) is 36.3. The molecule has 1 atom stereocenters. The van der Waals surface area contributed by atoms with Gasteiger partial charge in [-0.2, -0.15) is 0 Å². The standard InChI is InChI=1S/C23H44N2O11Si2/c1-10-20(26)35-17-23(3,18-36-21(27)11-2)25-22(28)24-19(14-16-38(32-7,33-8)34-9)13-12-15-37(29-4,30-5)31-6/h10-11,19H,1-2,12-18H2,3-9H3,(H2,24,25,28). The number of carbonyl (C=O) groups is 3. The van der Waals surface area contributed by atoms with Gasteiger partial charge in [-0.1, -0.05) is 13.2 Å². The molecule has 1 unspecified atom stereocenters. The van der Waals surface area contributed by atoms with Crippen molar-refractivity contribution in [3.63, 3.8) is 0 Å². The molecule has 38 heavy (non-hydrogen) atoms. The molecule has 2 N–H and O–H groups in total. The van der Waals surface area contributed by atoms with Crippen LogP contribution in [0.25, 0.3) is 0 Å². The van der Waals surface area contributed by atoms with E-state index < -0.39 is 41.1 Å². The Morgan fingerprint density at radius 2 is 1.18 bits per heavy atom. The molecule has 2 amide bonds. The number of esters is 2. The van der Waals surface area contributed by atoms with Gasteiger partial charge >= 0.3 is 35.6 Å². The smallest absolute Gasteiger partial charge is 0.460 e. The minimum absolute atomic E-state index is 0.267. The predicted octanol–water partition coefficient (Wildman–Crippen LogP) is 1.80. The molecule has 15 heteroatoms. The first-order valence-electron chi connectivity index (χ1n) is 11.9. The molecule has 13 nitrogen and oxygen atoms in total. The summed E-state index contributed by atoms with van der Waals surface area (Å²) in [6.45, 7) is 7.74. The largest absolute Gasteiger partial charge is 0.500 e. The molecular weight excluding hydrogens is 536 g/mol. The first-order chi connectivity index (χ1) is 18.0. The number of rotatable bonds is 21. The summed E-state index contributed by atoms with van der Waals surface area (Å²) in [5, 5.41) is 5.68. The first kappa shape index (κ1) is 35.9. The van der Waals surface area contributed by atoms with Gasteiger partial charge in [-0.05, 0) is 26.2 Å². The van der Waals surface area contributed by atoms with Crippen LogP contribution in [-0.4, -0.2) is 103 Å². The van der Waals surface area contributed by atoms with Crippen molar-refractivity contribution >= 4 is 35.6 Å². The van der Waals surface area contributed by atoms with Crippen molar-refractivity contribution in [3.05, 3.63) is 25.3 Å². The van der Waals surface area contributed by atoms with E-state index in [2.05, 4.69) is 23.8 Å². The van der Waals surface area contributed by atoms with E-state index >= 15 is 0 Å². The molecule has 0 aromatic rings. The van der Waals surface area contributed by atoms with Gasteiger partial charge in [0, 0.05) is 72.9 Å². The van der Waals surface area contributed by atoms with Crippen molar-refractivity contribution in [2.75, 3.05) is 55.9 Å². The quantitative estimate of drug-likeness (QED) is 0.116. The Bertz CT molecular complexity index is 721. The van der Waals surface area contributed by atoms with Crippen LogP contribution in [0.15, 0.2) is 25.3 Å². The molecular formula is C23H44N2O11Si2. The number of hydrogen-bond acceptors (Lipinski definition) is 11. The Morgan fingerprint density at radius 1 is 0.763 bits per heavy atom. The Kier molecular flexibility index (Phi) is 17.2. The highest BCUT2D eigenvalue weighted by molar-refractivity contribution is 6.60. The zero-order chi connectivity index (χ0) is 29.2. The van der Waals surface area contributed by atoms with Gasteiger partial charge in [0.25, 0.3) is 0 Å². The molecule has 0 aliphatic carbocycles. The summed E-state index contributed by atoms with van der Waals surface area (Å²) >= 11 is 0. The van der Waals surface area contributed by atoms with Gasteiger partial charge < -0.3 is 46.7 Å². The Hall–Kier alpha value is -2.12. The van der Waals surface area contributed by atoms with Crippen molar-refractivity contribution in [3.8, 4) is 0 Å².